The summed E-state index contributed by atoms with van der Waals surface area (Å²) in [5.74, 6) is 1.97. The molecule has 0 unspecified atom stereocenters. The maximum Gasteiger partial charge on any atom is 0.233 e. The zero-order valence-corrected chi connectivity index (χ0v) is 14.6. The molecule has 2 heterocycles. The average molecular weight is 344 g/mol. The largest absolute Gasteiger partial charge is 0.493 e. The van der Waals surface area contributed by atoms with Gasteiger partial charge in [0.2, 0.25) is 5.91 Å². The van der Waals surface area contributed by atoms with Crippen LogP contribution in [0.2, 0.25) is 0 Å². The second kappa shape index (κ2) is 7.57. The van der Waals surface area contributed by atoms with Crippen LogP contribution in [0.1, 0.15) is 11.1 Å². The van der Waals surface area contributed by atoms with Crippen LogP contribution in [0.3, 0.4) is 0 Å². The Hall–Kier alpha value is -2.21. The molecule has 0 radical (unpaired) electrons. The zero-order chi connectivity index (χ0) is 16.9. The Balaban J connectivity index is 1.66. The number of nitrogens with zero attached hydrogens (tertiary/aromatic N) is 2. The van der Waals surface area contributed by atoms with Gasteiger partial charge in [-0.05, 0) is 41.8 Å². The summed E-state index contributed by atoms with van der Waals surface area (Å²) >= 11 is 1.47. The number of hydrogen-bond donors (Lipinski definition) is 0. The van der Waals surface area contributed by atoms with Crippen molar-refractivity contribution >= 4 is 17.7 Å². The van der Waals surface area contributed by atoms with Gasteiger partial charge in [-0.3, -0.25) is 4.79 Å². The molecule has 0 N–H and O–H groups in total. The number of pyridine rings is 1. The Kier molecular flexibility index (Phi) is 5.25. The number of thioether (sulfide) groups is 1. The van der Waals surface area contributed by atoms with E-state index in [1.165, 1.54) is 17.3 Å². The second-order valence-electron chi connectivity index (χ2n) is 5.50. The summed E-state index contributed by atoms with van der Waals surface area (Å²) in [5, 5.41) is 0.870. The number of carbonyl (C=O) groups is 1. The molecule has 0 saturated carbocycles. The lowest BCUT2D eigenvalue weighted by atomic mass is 9.99. The number of aromatic nitrogens is 1. The van der Waals surface area contributed by atoms with Gasteiger partial charge in [0.05, 0.1) is 25.0 Å². The van der Waals surface area contributed by atoms with Crippen LogP contribution < -0.4 is 9.47 Å². The van der Waals surface area contributed by atoms with Crippen molar-refractivity contribution in [3.8, 4) is 11.5 Å². The molecular weight excluding hydrogens is 324 g/mol. The predicted octanol–water partition coefficient (Wildman–Crippen LogP) is 2.78. The Morgan fingerprint density at radius 2 is 1.96 bits per heavy atom. The third-order valence-electron chi connectivity index (χ3n) is 4.05. The molecule has 5 nitrogen and oxygen atoms in total. The standard InChI is InChI=1S/C18H20N2O3S/c1-22-15-9-13-6-8-20(11-14(13)10-16(15)23-2)18(21)12-24-17-5-3-4-7-19-17/h3-5,7,9-10H,6,8,11-12H2,1-2H3. The third kappa shape index (κ3) is 3.64. The lowest BCUT2D eigenvalue weighted by molar-refractivity contribution is -0.129. The lowest BCUT2D eigenvalue weighted by Gasteiger charge is -2.29. The first-order chi connectivity index (χ1) is 11.7. The van der Waals surface area contributed by atoms with Gasteiger partial charge in [0.1, 0.15) is 0 Å². The van der Waals surface area contributed by atoms with Crippen molar-refractivity contribution in [2.24, 2.45) is 0 Å². The molecule has 0 spiro atoms. The minimum Gasteiger partial charge on any atom is -0.493 e. The van der Waals surface area contributed by atoms with E-state index >= 15 is 0 Å². The summed E-state index contributed by atoms with van der Waals surface area (Å²) in [6, 6.07) is 9.70. The van der Waals surface area contributed by atoms with Crippen LogP contribution in [0.25, 0.3) is 0 Å². The smallest absolute Gasteiger partial charge is 0.233 e. The van der Waals surface area contributed by atoms with Crippen LogP contribution in [-0.4, -0.2) is 42.3 Å². The van der Waals surface area contributed by atoms with Gasteiger partial charge in [-0.2, -0.15) is 0 Å². The first-order valence-corrected chi connectivity index (χ1v) is 8.75. The van der Waals surface area contributed by atoms with Crippen LogP contribution in [0.15, 0.2) is 41.6 Å². The van der Waals surface area contributed by atoms with Gasteiger partial charge >= 0.3 is 0 Å². The maximum absolute atomic E-state index is 12.5. The highest BCUT2D eigenvalue weighted by Crippen LogP contribution is 2.33. The van der Waals surface area contributed by atoms with E-state index in [0.29, 0.717) is 18.0 Å². The number of methoxy groups -OCH3 is 2. The molecule has 1 aliphatic heterocycles. The van der Waals surface area contributed by atoms with Gasteiger partial charge in [0.15, 0.2) is 11.5 Å². The molecule has 126 valence electrons. The monoisotopic (exact) mass is 344 g/mol. The van der Waals surface area contributed by atoms with E-state index in [1.807, 2.05) is 35.2 Å². The highest BCUT2D eigenvalue weighted by Gasteiger charge is 2.22. The molecule has 0 atom stereocenters. The van der Waals surface area contributed by atoms with E-state index in [1.54, 1.807) is 20.4 Å². The molecule has 1 aromatic heterocycles. The van der Waals surface area contributed by atoms with Gasteiger partial charge in [-0.15, -0.1) is 0 Å². The SMILES string of the molecule is COc1cc2c(cc1OC)CN(C(=O)CSc1ccccn1)CC2. The summed E-state index contributed by atoms with van der Waals surface area (Å²) in [5.41, 5.74) is 2.34. The van der Waals surface area contributed by atoms with Crippen molar-refractivity contribution in [3.05, 3.63) is 47.7 Å². The molecule has 3 rings (SSSR count). The molecule has 1 aliphatic rings. The molecular formula is C18H20N2O3S. The number of carbonyl (C=O) groups excluding carboxylic acids is 1. The summed E-state index contributed by atoms with van der Waals surface area (Å²) in [4.78, 5) is 18.6. The lowest BCUT2D eigenvalue weighted by Crippen LogP contribution is -2.37. The number of fused-ring (bicyclic) bond motifs is 1. The van der Waals surface area contributed by atoms with Crippen LogP contribution in [0.5, 0.6) is 11.5 Å². The van der Waals surface area contributed by atoms with Crippen molar-refractivity contribution in [2.75, 3.05) is 26.5 Å². The van der Waals surface area contributed by atoms with E-state index in [2.05, 4.69) is 4.98 Å². The topological polar surface area (TPSA) is 51.7 Å². The van der Waals surface area contributed by atoms with E-state index in [-0.39, 0.29) is 5.91 Å². The van der Waals surface area contributed by atoms with Crippen molar-refractivity contribution < 1.29 is 14.3 Å². The van der Waals surface area contributed by atoms with E-state index < -0.39 is 0 Å². The van der Waals surface area contributed by atoms with Gasteiger partial charge in [0, 0.05) is 19.3 Å². The molecule has 0 bridgehead atoms. The normalized spacial score (nSPS) is 13.3. The Bertz CT molecular complexity index is 722. The Labute approximate surface area is 146 Å². The molecule has 0 aliphatic carbocycles. The first-order valence-electron chi connectivity index (χ1n) is 7.76. The molecule has 1 aromatic carbocycles. The summed E-state index contributed by atoms with van der Waals surface area (Å²) in [6.45, 7) is 1.33. The summed E-state index contributed by atoms with van der Waals surface area (Å²) in [6.07, 6.45) is 2.57. The highest BCUT2D eigenvalue weighted by molar-refractivity contribution is 7.99. The van der Waals surface area contributed by atoms with Gasteiger partial charge in [-0.25, -0.2) is 4.98 Å². The molecule has 24 heavy (non-hydrogen) atoms. The molecule has 0 fully saturated rings. The second-order valence-corrected chi connectivity index (χ2v) is 6.49. The van der Waals surface area contributed by atoms with E-state index in [4.69, 9.17) is 9.47 Å². The molecule has 2 aromatic rings. The van der Waals surface area contributed by atoms with Gasteiger partial charge in [-0.1, -0.05) is 17.8 Å². The fourth-order valence-corrected chi connectivity index (χ4v) is 3.52. The van der Waals surface area contributed by atoms with Crippen molar-refractivity contribution in [1.82, 2.24) is 9.88 Å². The minimum atomic E-state index is 0.131. The molecule has 6 heteroatoms. The first kappa shape index (κ1) is 16.6. The van der Waals surface area contributed by atoms with Crippen molar-refractivity contribution in [3.63, 3.8) is 0 Å². The summed E-state index contributed by atoms with van der Waals surface area (Å²) < 4.78 is 10.7. The predicted molar refractivity (Wildman–Crippen MR) is 93.6 cm³/mol. The average Bonchev–Trinajstić information content (AvgIpc) is 2.65. The van der Waals surface area contributed by atoms with Gasteiger partial charge in [0.25, 0.3) is 0 Å². The van der Waals surface area contributed by atoms with Crippen LogP contribution in [-0.2, 0) is 17.8 Å². The fourth-order valence-electron chi connectivity index (χ4n) is 2.76. The zero-order valence-electron chi connectivity index (χ0n) is 13.8. The number of benzene rings is 1. The number of amides is 1. The van der Waals surface area contributed by atoms with Gasteiger partial charge < -0.3 is 14.4 Å². The number of rotatable bonds is 5. The molecule has 1 amide bonds. The van der Waals surface area contributed by atoms with E-state index in [9.17, 15) is 4.79 Å². The fraction of sp³-hybridized carbons (Fsp3) is 0.333. The van der Waals surface area contributed by atoms with Crippen molar-refractivity contribution in [2.45, 2.75) is 18.0 Å². The quantitative estimate of drug-likeness (QED) is 0.781. The third-order valence-corrected chi connectivity index (χ3v) is 4.98. The van der Waals surface area contributed by atoms with Crippen LogP contribution in [0.4, 0.5) is 0 Å². The summed E-state index contributed by atoms with van der Waals surface area (Å²) in [7, 11) is 3.26. The number of hydrogen-bond acceptors (Lipinski definition) is 5. The highest BCUT2D eigenvalue weighted by atomic mass is 32.2. The minimum absolute atomic E-state index is 0.131. The van der Waals surface area contributed by atoms with Crippen LogP contribution >= 0.6 is 11.8 Å². The molecule has 0 saturated heterocycles. The van der Waals surface area contributed by atoms with Crippen LogP contribution in [0, 0.1) is 0 Å². The van der Waals surface area contributed by atoms with E-state index in [0.717, 1.165) is 29.3 Å². The number of ether oxygens (including phenoxy) is 2. The maximum atomic E-state index is 12.5. The Morgan fingerprint density at radius 1 is 1.21 bits per heavy atom. The van der Waals surface area contributed by atoms with Crippen molar-refractivity contribution in [1.29, 1.82) is 0 Å². The Morgan fingerprint density at radius 3 is 2.62 bits per heavy atom.